The van der Waals surface area contributed by atoms with Gasteiger partial charge in [-0.3, -0.25) is 4.90 Å². The molecule has 1 N–H and O–H groups in total. The fourth-order valence-corrected chi connectivity index (χ4v) is 3.06. The Hall–Kier alpha value is -2.01. The zero-order chi connectivity index (χ0) is 15.5. The molecule has 0 radical (unpaired) electrons. The van der Waals surface area contributed by atoms with E-state index >= 15 is 0 Å². The van der Waals surface area contributed by atoms with Crippen LogP contribution in [0.2, 0.25) is 0 Å². The molecule has 0 saturated carbocycles. The lowest BCUT2D eigenvalue weighted by Gasteiger charge is -2.23. The Kier molecular flexibility index (Phi) is 4.34. The van der Waals surface area contributed by atoms with Gasteiger partial charge in [-0.25, -0.2) is 0 Å². The molecule has 0 spiro atoms. The van der Waals surface area contributed by atoms with Gasteiger partial charge in [-0.15, -0.1) is 0 Å². The van der Waals surface area contributed by atoms with Gasteiger partial charge in [-0.2, -0.15) is 0 Å². The standard InChI is InChI=1S/C17H22N2O3/c1-3-21-17-10-13(6-7-16(17)20)11-19-8-4-5-15(19)14-9-12(2)22-18-14/h6-7,9-10,15,20H,3-5,8,11H2,1-2H3. The van der Waals surface area contributed by atoms with Crippen LogP contribution >= 0.6 is 0 Å². The molecule has 5 nitrogen and oxygen atoms in total. The van der Waals surface area contributed by atoms with Crippen molar-refractivity contribution in [2.75, 3.05) is 13.2 Å². The summed E-state index contributed by atoms with van der Waals surface area (Å²) in [6.45, 7) is 6.24. The monoisotopic (exact) mass is 302 g/mol. The SMILES string of the molecule is CCOc1cc(CN2CCCC2c2cc(C)on2)ccc1O. The Bertz CT molecular complexity index is 639. The van der Waals surface area contributed by atoms with Crippen molar-refractivity contribution in [2.45, 2.75) is 39.3 Å². The van der Waals surface area contributed by atoms with Gasteiger partial charge in [-0.1, -0.05) is 11.2 Å². The Labute approximate surface area is 130 Å². The molecule has 5 heteroatoms. The Morgan fingerprint density at radius 3 is 3.00 bits per heavy atom. The van der Waals surface area contributed by atoms with Crippen molar-refractivity contribution >= 4 is 0 Å². The van der Waals surface area contributed by atoms with E-state index in [4.69, 9.17) is 9.26 Å². The highest BCUT2D eigenvalue weighted by Crippen LogP contribution is 2.34. The third-order valence-electron chi connectivity index (χ3n) is 4.06. The first-order valence-electron chi connectivity index (χ1n) is 7.79. The number of phenols is 1. The number of hydrogen-bond donors (Lipinski definition) is 1. The highest BCUT2D eigenvalue weighted by atomic mass is 16.5. The minimum Gasteiger partial charge on any atom is -0.504 e. The van der Waals surface area contributed by atoms with Crippen molar-refractivity contribution in [3.05, 3.63) is 41.3 Å². The Morgan fingerprint density at radius 2 is 2.27 bits per heavy atom. The second kappa shape index (κ2) is 6.40. The summed E-state index contributed by atoms with van der Waals surface area (Å²) >= 11 is 0. The summed E-state index contributed by atoms with van der Waals surface area (Å²) in [5.74, 6) is 1.59. The van der Waals surface area contributed by atoms with E-state index in [2.05, 4.69) is 10.1 Å². The van der Waals surface area contributed by atoms with Gasteiger partial charge in [0.25, 0.3) is 0 Å². The molecule has 1 aliphatic rings. The van der Waals surface area contributed by atoms with Crippen molar-refractivity contribution in [1.29, 1.82) is 0 Å². The maximum Gasteiger partial charge on any atom is 0.161 e. The van der Waals surface area contributed by atoms with Gasteiger partial charge < -0.3 is 14.4 Å². The second-order valence-corrected chi connectivity index (χ2v) is 5.73. The topological polar surface area (TPSA) is 58.7 Å². The molecule has 1 atom stereocenters. The smallest absolute Gasteiger partial charge is 0.161 e. The van der Waals surface area contributed by atoms with E-state index in [1.807, 2.05) is 32.0 Å². The van der Waals surface area contributed by atoms with Crippen LogP contribution in [0, 0.1) is 6.92 Å². The molecule has 0 bridgehead atoms. The molecule has 22 heavy (non-hydrogen) atoms. The lowest BCUT2D eigenvalue weighted by Crippen LogP contribution is -2.23. The van der Waals surface area contributed by atoms with Crippen LogP contribution in [0.15, 0.2) is 28.8 Å². The Morgan fingerprint density at radius 1 is 1.41 bits per heavy atom. The van der Waals surface area contributed by atoms with Gasteiger partial charge in [0, 0.05) is 12.6 Å². The first kappa shape index (κ1) is 14.9. The van der Waals surface area contributed by atoms with Gasteiger partial charge in [0.05, 0.1) is 12.6 Å². The summed E-state index contributed by atoms with van der Waals surface area (Å²) in [5, 5.41) is 14.0. The zero-order valence-corrected chi connectivity index (χ0v) is 13.1. The summed E-state index contributed by atoms with van der Waals surface area (Å²) in [6.07, 6.45) is 2.26. The average molecular weight is 302 g/mol. The number of likely N-dealkylation sites (tertiary alicyclic amines) is 1. The largest absolute Gasteiger partial charge is 0.504 e. The summed E-state index contributed by atoms with van der Waals surface area (Å²) in [7, 11) is 0. The molecular formula is C17H22N2O3. The molecule has 1 aliphatic heterocycles. The van der Waals surface area contributed by atoms with Gasteiger partial charge in [-0.05, 0) is 50.9 Å². The molecular weight excluding hydrogens is 280 g/mol. The van der Waals surface area contributed by atoms with E-state index in [0.717, 1.165) is 42.9 Å². The molecule has 1 aromatic heterocycles. The molecule has 2 heterocycles. The van der Waals surface area contributed by atoms with Gasteiger partial charge in [0.2, 0.25) is 0 Å². The van der Waals surface area contributed by atoms with Gasteiger partial charge >= 0.3 is 0 Å². The molecule has 0 aliphatic carbocycles. The van der Waals surface area contributed by atoms with Gasteiger partial charge in [0.1, 0.15) is 11.5 Å². The number of aromatic hydroxyl groups is 1. The van der Waals surface area contributed by atoms with Crippen molar-refractivity contribution in [3.8, 4) is 11.5 Å². The first-order valence-corrected chi connectivity index (χ1v) is 7.79. The van der Waals surface area contributed by atoms with Crippen LogP contribution in [-0.2, 0) is 6.54 Å². The molecule has 118 valence electrons. The maximum absolute atomic E-state index is 9.80. The normalized spacial score (nSPS) is 18.7. The van der Waals surface area contributed by atoms with Crippen molar-refractivity contribution in [2.24, 2.45) is 0 Å². The number of nitrogens with zero attached hydrogens (tertiary/aromatic N) is 2. The highest BCUT2D eigenvalue weighted by Gasteiger charge is 2.28. The van der Waals surface area contributed by atoms with Crippen LogP contribution < -0.4 is 4.74 Å². The van der Waals surface area contributed by atoms with Crippen molar-refractivity contribution in [3.63, 3.8) is 0 Å². The van der Waals surface area contributed by atoms with E-state index in [0.29, 0.717) is 18.4 Å². The minimum atomic E-state index is 0.190. The van der Waals surface area contributed by atoms with Crippen molar-refractivity contribution in [1.82, 2.24) is 10.1 Å². The van der Waals surface area contributed by atoms with Crippen LogP contribution in [0.5, 0.6) is 11.5 Å². The fourth-order valence-electron chi connectivity index (χ4n) is 3.06. The van der Waals surface area contributed by atoms with Crippen LogP contribution in [0.1, 0.15) is 42.8 Å². The molecule has 1 aromatic carbocycles. The summed E-state index contributed by atoms with van der Waals surface area (Å²) in [6, 6.07) is 7.89. The number of ether oxygens (including phenoxy) is 1. The van der Waals surface area contributed by atoms with Crippen molar-refractivity contribution < 1.29 is 14.4 Å². The lowest BCUT2D eigenvalue weighted by molar-refractivity contribution is 0.236. The van der Waals surface area contributed by atoms with Crippen LogP contribution in [-0.4, -0.2) is 28.3 Å². The summed E-state index contributed by atoms with van der Waals surface area (Å²) in [5.41, 5.74) is 2.15. The molecule has 3 rings (SSSR count). The molecule has 1 saturated heterocycles. The van der Waals surface area contributed by atoms with Crippen LogP contribution in [0.3, 0.4) is 0 Å². The number of aryl methyl sites for hydroxylation is 1. The van der Waals surface area contributed by atoms with Crippen LogP contribution in [0.4, 0.5) is 0 Å². The van der Waals surface area contributed by atoms with E-state index in [1.54, 1.807) is 6.07 Å². The van der Waals surface area contributed by atoms with E-state index in [-0.39, 0.29) is 5.75 Å². The first-order chi connectivity index (χ1) is 10.7. The summed E-state index contributed by atoms with van der Waals surface area (Å²) in [4.78, 5) is 2.40. The summed E-state index contributed by atoms with van der Waals surface area (Å²) < 4.78 is 10.7. The predicted octanol–water partition coefficient (Wildman–Crippen LogP) is 3.42. The lowest BCUT2D eigenvalue weighted by atomic mass is 10.1. The quantitative estimate of drug-likeness (QED) is 0.917. The third-order valence-corrected chi connectivity index (χ3v) is 4.06. The number of phenolic OH excluding ortho intramolecular Hbond substituents is 1. The number of aromatic nitrogens is 1. The number of rotatable bonds is 5. The van der Waals surface area contributed by atoms with E-state index in [1.165, 1.54) is 0 Å². The third kappa shape index (κ3) is 3.09. The molecule has 1 fully saturated rings. The van der Waals surface area contributed by atoms with E-state index in [9.17, 15) is 5.11 Å². The number of hydrogen-bond acceptors (Lipinski definition) is 5. The molecule has 0 amide bonds. The maximum atomic E-state index is 9.80. The fraction of sp³-hybridized carbons (Fsp3) is 0.471. The number of benzene rings is 1. The predicted molar refractivity (Wildman–Crippen MR) is 82.9 cm³/mol. The molecule has 2 aromatic rings. The van der Waals surface area contributed by atoms with Gasteiger partial charge in [0.15, 0.2) is 11.5 Å². The molecule has 1 unspecified atom stereocenters. The van der Waals surface area contributed by atoms with E-state index < -0.39 is 0 Å². The highest BCUT2D eigenvalue weighted by molar-refractivity contribution is 5.41. The zero-order valence-electron chi connectivity index (χ0n) is 13.1. The average Bonchev–Trinajstić information content (AvgIpc) is 3.11. The second-order valence-electron chi connectivity index (χ2n) is 5.73. The van der Waals surface area contributed by atoms with Crippen LogP contribution in [0.25, 0.3) is 0 Å². The Balaban J connectivity index is 1.75. The minimum absolute atomic E-state index is 0.190.